The van der Waals surface area contributed by atoms with Crippen molar-refractivity contribution >= 4 is 34.5 Å². The van der Waals surface area contributed by atoms with Gasteiger partial charge in [0.05, 0.1) is 11.6 Å². The van der Waals surface area contributed by atoms with Crippen LogP contribution in [0.15, 0.2) is 29.2 Å². The number of piperidine rings is 1. The number of pyridine rings is 1. The Bertz CT molecular complexity index is 883. The first kappa shape index (κ1) is 18.6. The molecular formula is C21H26N2O3S. The number of aryl methyl sites for hydroxylation is 1. The molecule has 6 heteroatoms. The Labute approximate surface area is 163 Å². The molecule has 1 aromatic heterocycles. The van der Waals surface area contributed by atoms with E-state index in [2.05, 4.69) is 30.2 Å². The van der Waals surface area contributed by atoms with Crippen LogP contribution in [-0.2, 0) is 4.79 Å². The van der Waals surface area contributed by atoms with E-state index in [1.54, 1.807) is 11.8 Å². The molecule has 0 bridgehead atoms. The van der Waals surface area contributed by atoms with E-state index in [9.17, 15) is 15.0 Å². The Balaban J connectivity index is 1.69. The van der Waals surface area contributed by atoms with Crippen molar-refractivity contribution in [2.24, 2.45) is 11.3 Å². The van der Waals surface area contributed by atoms with E-state index in [-0.39, 0.29) is 0 Å². The second-order valence-electron chi connectivity index (χ2n) is 8.02. The Kier molecular flexibility index (Phi) is 4.80. The number of anilines is 1. The number of thioether (sulfide) groups is 1. The van der Waals surface area contributed by atoms with Crippen LogP contribution in [0.3, 0.4) is 0 Å². The molecule has 0 unspecified atom stereocenters. The second kappa shape index (κ2) is 6.99. The van der Waals surface area contributed by atoms with E-state index in [4.69, 9.17) is 4.98 Å². The number of hydrogen-bond donors (Lipinski definition) is 2. The molecule has 2 atom stereocenters. The summed E-state index contributed by atoms with van der Waals surface area (Å²) in [5, 5.41) is 21.7. The van der Waals surface area contributed by atoms with Gasteiger partial charge in [0.1, 0.15) is 11.2 Å². The van der Waals surface area contributed by atoms with E-state index >= 15 is 0 Å². The number of carboxylic acid groups (broad SMARTS) is 1. The lowest BCUT2D eigenvalue weighted by Gasteiger charge is -2.44. The zero-order valence-electron chi connectivity index (χ0n) is 15.8. The van der Waals surface area contributed by atoms with Gasteiger partial charge in [-0.2, -0.15) is 0 Å². The Morgan fingerprint density at radius 1 is 1.33 bits per heavy atom. The van der Waals surface area contributed by atoms with Gasteiger partial charge in [-0.3, -0.25) is 4.79 Å². The van der Waals surface area contributed by atoms with E-state index in [0.29, 0.717) is 31.8 Å². The van der Waals surface area contributed by atoms with Gasteiger partial charge in [-0.25, -0.2) is 4.98 Å². The van der Waals surface area contributed by atoms with Gasteiger partial charge in [0.2, 0.25) is 0 Å². The van der Waals surface area contributed by atoms with Crippen molar-refractivity contribution in [1.82, 2.24) is 4.98 Å². The number of aromatic nitrogens is 1. The summed E-state index contributed by atoms with van der Waals surface area (Å²) in [4.78, 5) is 20.2. The highest BCUT2D eigenvalue weighted by Gasteiger charge is 2.52. The van der Waals surface area contributed by atoms with Crippen LogP contribution in [-0.4, -0.2) is 46.6 Å². The van der Waals surface area contributed by atoms with Crippen LogP contribution in [0.4, 0.5) is 5.82 Å². The van der Waals surface area contributed by atoms with Crippen LogP contribution in [0, 0.1) is 18.3 Å². The third-order valence-electron chi connectivity index (χ3n) is 6.09. The molecule has 0 radical (unpaired) electrons. The zero-order chi connectivity index (χ0) is 19.2. The predicted molar refractivity (Wildman–Crippen MR) is 109 cm³/mol. The number of aliphatic hydroxyl groups excluding tert-OH is 1. The number of hydrogen-bond acceptors (Lipinski definition) is 5. The second-order valence-corrected chi connectivity index (χ2v) is 8.89. The first-order chi connectivity index (χ1) is 12.9. The first-order valence-electron chi connectivity index (χ1n) is 9.55. The smallest absolute Gasteiger partial charge is 0.314 e. The molecule has 144 valence electrons. The maximum Gasteiger partial charge on any atom is 0.314 e. The minimum absolute atomic E-state index is 0.320. The Hall–Kier alpha value is -1.79. The maximum atomic E-state index is 12.2. The highest BCUT2D eigenvalue weighted by atomic mass is 32.2. The lowest BCUT2D eigenvalue weighted by Crippen LogP contribution is -2.56. The lowest BCUT2D eigenvalue weighted by atomic mass is 9.73. The molecule has 1 aliphatic heterocycles. The number of fused-ring (bicyclic) bond motifs is 1. The monoisotopic (exact) mass is 386 g/mol. The standard InChI is InChI=1S/C21H26N2O3S/c1-13-9-19(22-17-6-5-15(27-2)10-16(13)17)23-8-7-18(24)21(12-23,20(25)26)11-14-3-4-14/h5-6,9-10,14,18,24H,3-4,7-8,11-12H2,1-2H3,(H,25,26)/t18-,21+/m1/s1. The van der Waals surface area contributed by atoms with Crippen molar-refractivity contribution in [2.75, 3.05) is 24.2 Å². The molecule has 27 heavy (non-hydrogen) atoms. The van der Waals surface area contributed by atoms with Crippen LogP contribution in [0.25, 0.3) is 10.9 Å². The summed E-state index contributed by atoms with van der Waals surface area (Å²) >= 11 is 1.71. The van der Waals surface area contributed by atoms with Crippen LogP contribution in [0.2, 0.25) is 0 Å². The van der Waals surface area contributed by atoms with Gasteiger partial charge in [0, 0.05) is 23.4 Å². The summed E-state index contributed by atoms with van der Waals surface area (Å²) in [6.07, 6.45) is 4.44. The van der Waals surface area contributed by atoms with Gasteiger partial charge in [0.15, 0.2) is 0 Å². The SMILES string of the molecule is CSc1ccc2nc(N3CC[C@@H](O)[C@@](CC4CC4)(C(=O)O)C3)cc(C)c2c1. The molecule has 1 aliphatic carbocycles. The van der Waals surface area contributed by atoms with Gasteiger partial charge < -0.3 is 15.1 Å². The zero-order valence-corrected chi connectivity index (χ0v) is 16.6. The average molecular weight is 387 g/mol. The molecule has 2 aliphatic rings. The van der Waals surface area contributed by atoms with Crippen molar-refractivity contribution < 1.29 is 15.0 Å². The number of carboxylic acids is 1. The number of carbonyl (C=O) groups is 1. The quantitative estimate of drug-likeness (QED) is 0.763. The molecular weight excluding hydrogens is 360 g/mol. The topological polar surface area (TPSA) is 73.7 Å². The summed E-state index contributed by atoms with van der Waals surface area (Å²) in [7, 11) is 0. The first-order valence-corrected chi connectivity index (χ1v) is 10.8. The molecule has 1 saturated heterocycles. The number of rotatable bonds is 5. The molecule has 4 rings (SSSR count). The summed E-state index contributed by atoms with van der Waals surface area (Å²) in [6, 6.07) is 8.30. The van der Waals surface area contributed by atoms with Gasteiger partial charge in [0.25, 0.3) is 0 Å². The number of aliphatic hydroxyl groups is 1. The fraction of sp³-hybridized carbons (Fsp3) is 0.524. The van der Waals surface area contributed by atoms with E-state index in [1.807, 2.05) is 12.1 Å². The van der Waals surface area contributed by atoms with Gasteiger partial charge >= 0.3 is 5.97 Å². The van der Waals surface area contributed by atoms with Crippen molar-refractivity contribution in [3.63, 3.8) is 0 Å². The van der Waals surface area contributed by atoms with Crippen LogP contribution < -0.4 is 4.90 Å². The highest BCUT2D eigenvalue weighted by molar-refractivity contribution is 7.98. The molecule has 1 aromatic carbocycles. The third kappa shape index (κ3) is 3.41. The number of benzene rings is 1. The maximum absolute atomic E-state index is 12.2. The minimum atomic E-state index is -1.09. The fourth-order valence-electron chi connectivity index (χ4n) is 4.25. The molecule has 0 spiro atoms. The Morgan fingerprint density at radius 3 is 2.78 bits per heavy atom. The fourth-order valence-corrected chi connectivity index (χ4v) is 4.69. The van der Waals surface area contributed by atoms with Crippen molar-refractivity contribution in [3.8, 4) is 0 Å². The van der Waals surface area contributed by atoms with Gasteiger partial charge in [-0.15, -0.1) is 11.8 Å². The molecule has 2 N–H and O–H groups in total. The average Bonchev–Trinajstić information content (AvgIpc) is 3.47. The summed E-state index contributed by atoms with van der Waals surface area (Å²) < 4.78 is 0. The molecule has 2 fully saturated rings. The summed E-state index contributed by atoms with van der Waals surface area (Å²) in [5.74, 6) is 0.367. The minimum Gasteiger partial charge on any atom is -0.481 e. The highest BCUT2D eigenvalue weighted by Crippen LogP contribution is 2.45. The van der Waals surface area contributed by atoms with Crippen LogP contribution in [0.1, 0.15) is 31.2 Å². The van der Waals surface area contributed by atoms with E-state index in [0.717, 1.165) is 35.1 Å². The van der Waals surface area contributed by atoms with E-state index in [1.165, 1.54) is 4.90 Å². The lowest BCUT2D eigenvalue weighted by molar-refractivity contribution is -0.158. The van der Waals surface area contributed by atoms with Crippen molar-refractivity contribution in [3.05, 3.63) is 29.8 Å². The summed E-state index contributed by atoms with van der Waals surface area (Å²) in [5.41, 5.74) is 0.976. The molecule has 2 aromatic rings. The third-order valence-corrected chi connectivity index (χ3v) is 6.82. The van der Waals surface area contributed by atoms with Crippen molar-refractivity contribution in [1.29, 1.82) is 0 Å². The largest absolute Gasteiger partial charge is 0.481 e. The normalized spacial score (nSPS) is 25.7. The molecule has 5 nitrogen and oxygen atoms in total. The molecule has 0 amide bonds. The van der Waals surface area contributed by atoms with Crippen LogP contribution >= 0.6 is 11.8 Å². The number of nitrogens with zero attached hydrogens (tertiary/aromatic N) is 2. The summed E-state index contributed by atoms with van der Waals surface area (Å²) in [6.45, 7) is 3.02. The van der Waals surface area contributed by atoms with Gasteiger partial charge in [-0.05, 0) is 61.8 Å². The van der Waals surface area contributed by atoms with E-state index < -0.39 is 17.5 Å². The molecule has 2 heterocycles. The molecule has 1 saturated carbocycles. The number of aliphatic carboxylic acids is 1. The van der Waals surface area contributed by atoms with Crippen LogP contribution in [0.5, 0.6) is 0 Å². The van der Waals surface area contributed by atoms with Crippen molar-refractivity contribution in [2.45, 2.75) is 43.6 Å². The van der Waals surface area contributed by atoms with Gasteiger partial charge in [-0.1, -0.05) is 12.8 Å². The Morgan fingerprint density at radius 2 is 2.11 bits per heavy atom. The predicted octanol–water partition coefficient (Wildman–Crippen LogP) is 3.71.